The molecule has 0 amide bonds. The Balaban J connectivity index is 1.17. The van der Waals surface area contributed by atoms with Crippen molar-refractivity contribution in [2.45, 2.75) is 50.6 Å². The number of nitrogens with one attached hydrogen (secondary N) is 1. The van der Waals surface area contributed by atoms with E-state index in [9.17, 15) is 9.90 Å². The van der Waals surface area contributed by atoms with E-state index in [0.717, 1.165) is 65.3 Å². The SMILES string of the molecule is O=C(O)C[C@@H](c1cnc2ccccc2c1)n1cc2ccc(CCCC3CCc4cccnc4N3)cc2n1. The van der Waals surface area contributed by atoms with Crippen molar-refractivity contribution < 1.29 is 9.90 Å². The van der Waals surface area contributed by atoms with Gasteiger partial charge in [0.15, 0.2) is 0 Å². The van der Waals surface area contributed by atoms with E-state index in [-0.39, 0.29) is 6.42 Å². The Morgan fingerprint density at radius 1 is 1.05 bits per heavy atom. The summed E-state index contributed by atoms with van der Waals surface area (Å²) in [6.07, 6.45) is 10.9. The first kappa shape index (κ1) is 23.2. The smallest absolute Gasteiger partial charge is 0.305 e. The molecule has 2 aromatic carbocycles. The Hall–Kier alpha value is -4.26. The minimum absolute atomic E-state index is 0.0623. The lowest BCUT2D eigenvalue weighted by molar-refractivity contribution is -0.137. The molecule has 2 atom stereocenters. The second kappa shape index (κ2) is 10.0. The number of aromatic nitrogens is 4. The number of carboxylic acids is 1. The van der Waals surface area contributed by atoms with Crippen LogP contribution in [-0.4, -0.2) is 36.9 Å². The number of hydrogen-bond donors (Lipinski definition) is 2. The van der Waals surface area contributed by atoms with E-state index >= 15 is 0 Å². The Morgan fingerprint density at radius 3 is 2.89 bits per heavy atom. The van der Waals surface area contributed by atoms with Crippen LogP contribution in [0.4, 0.5) is 5.82 Å². The van der Waals surface area contributed by atoms with Crippen molar-refractivity contribution in [2.24, 2.45) is 0 Å². The van der Waals surface area contributed by atoms with Gasteiger partial charge in [-0.05, 0) is 73.1 Å². The zero-order chi connectivity index (χ0) is 25.2. The predicted octanol–water partition coefficient (Wildman–Crippen LogP) is 5.79. The normalized spacial score (nSPS) is 15.8. The minimum atomic E-state index is -0.868. The van der Waals surface area contributed by atoms with Crippen molar-refractivity contribution in [3.8, 4) is 0 Å². The number of fused-ring (bicyclic) bond motifs is 3. The largest absolute Gasteiger partial charge is 0.481 e. The molecule has 186 valence electrons. The lowest BCUT2D eigenvalue weighted by Crippen LogP contribution is -2.26. The van der Waals surface area contributed by atoms with E-state index in [1.807, 2.05) is 48.8 Å². The van der Waals surface area contributed by atoms with Crippen LogP contribution in [0, 0.1) is 0 Å². The second-order valence-corrected chi connectivity index (χ2v) is 9.86. The fraction of sp³-hybridized carbons (Fsp3) is 0.267. The van der Waals surface area contributed by atoms with Gasteiger partial charge in [-0.3, -0.25) is 14.5 Å². The fourth-order valence-electron chi connectivity index (χ4n) is 5.33. The van der Waals surface area contributed by atoms with Gasteiger partial charge in [0.25, 0.3) is 0 Å². The summed E-state index contributed by atoms with van der Waals surface area (Å²) in [5.41, 5.74) is 5.16. The van der Waals surface area contributed by atoms with Crippen molar-refractivity contribution in [1.29, 1.82) is 0 Å². The van der Waals surface area contributed by atoms with Crippen molar-refractivity contribution in [3.63, 3.8) is 0 Å². The number of pyridine rings is 2. The van der Waals surface area contributed by atoms with Crippen LogP contribution >= 0.6 is 0 Å². The molecule has 0 radical (unpaired) electrons. The molecule has 37 heavy (non-hydrogen) atoms. The molecule has 1 aliphatic heterocycles. The average molecular weight is 492 g/mol. The van der Waals surface area contributed by atoms with Crippen LogP contribution in [0.5, 0.6) is 0 Å². The van der Waals surface area contributed by atoms with E-state index in [1.165, 1.54) is 11.1 Å². The van der Waals surface area contributed by atoms with Crippen molar-refractivity contribution in [3.05, 3.63) is 95.9 Å². The third-order valence-corrected chi connectivity index (χ3v) is 7.29. The van der Waals surface area contributed by atoms with Gasteiger partial charge >= 0.3 is 5.97 Å². The van der Waals surface area contributed by atoms with Gasteiger partial charge in [-0.25, -0.2) is 4.98 Å². The molecule has 7 nitrogen and oxygen atoms in total. The van der Waals surface area contributed by atoms with Gasteiger partial charge in [0.2, 0.25) is 0 Å². The number of benzene rings is 2. The molecular weight excluding hydrogens is 462 g/mol. The Morgan fingerprint density at radius 2 is 1.97 bits per heavy atom. The van der Waals surface area contributed by atoms with Crippen LogP contribution < -0.4 is 5.32 Å². The van der Waals surface area contributed by atoms with Gasteiger partial charge in [-0.1, -0.05) is 36.4 Å². The van der Waals surface area contributed by atoms with E-state index in [4.69, 9.17) is 5.10 Å². The maximum absolute atomic E-state index is 11.7. The minimum Gasteiger partial charge on any atom is -0.481 e. The molecule has 0 saturated heterocycles. The first-order chi connectivity index (χ1) is 18.1. The summed E-state index contributed by atoms with van der Waals surface area (Å²) in [5, 5.41) is 20.0. The van der Waals surface area contributed by atoms with E-state index < -0.39 is 12.0 Å². The van der Waals surface area contributed by atoms with Crippen LogP contribution in [0.2, 0.25) is 0 Å². The van der Waals surface area contributed by atoms with Crippen molar-refractivity contribution in [2.75, 3.05) is 5.32 Å². The summed E-state index contributed by atoms with van der Waals surface area (Å²) in [6, 6.07) is 20.4. The predicted molar refractivity (Wildman–Crippen MR) is 145 cm³/mol. The molecule has 1 aliphatic rings. The molecule has 7 heteroatoms. The molecule has 4 heterocycles. The number of carbonyl (C=O) groups is 1. The molecule has 3 aromatic heterocycles. The highest BCUT2D eigenvalue weighted by Crippen LogP contribution is 2.28. The van der Waals surface area contributed by atoms with Gasteiger partial charge in [-0.2, -0.15) is 5.10 Å². The molecule has 0 bridgehead atoms. The molecule has 0 aliphatic carbocycles. The molecule has 5 aromatic rings. The maximum atomic E-state index is 11.7. The Bertz CT molecular complexity index is 1580. The molecular formula is C30H29N5O2. The standard InChI is InChI=1S/C30H29N5O2/c36-29(37)17-28(24-16-22-6-1-2-9-26(22)32-18-24)35-19-23-11-10-20(15-27(23)34-35)5-3-8-25-13-12-21-7-4-14-31-30(21)33-25/h1-2,4,6-7,9-11,14-16,18-19,25,28H,3,5,8,12-13,17H2,(H,31,33)(H,36,37)/t25?,28-/m0/s1. The lowest BCUT2D eigenvalue weighted by Gasteiger charge is -2.26. The summed E-state index contributed by atoms with van der Waals surface area (Å²) in [5.74, 6) is 0.163. The van der Waals surface area contributed by atoms with Crippen molar-refractivity contribution >= 4 is 33.6 Å². The number of para-hydroxylation sites is 1. The van der Waals surface area contributed by atoms with Gasteiger partial charge in [-0.15, -0.1) is 0 Å². The number of aliphatic carboxylic acids is 1. The van der Waals surface area contributed by atoms with Crippen LogP contribution in [0.15, 0.2) is 79.3 Å². The zero-order valence-electron chi connectivity index (χ0n) is 20.5. The molecule has 0 saturated carbocycles. The molecule has 0 spiro atoms. The second-order valence-electron chi connectivity index (χ2n) is 9.86. The number of anilines is 1. The summed E-state index contributed by atoms with van der Waals surface area (Å²) in [4.78, 5) is 20.8. The zero-order valence-corrected chi connectivity index (χ0v) is 20.5. The summed E-state index contributed by atoms with van der Waals surface area (Å²) in [6.45, 7) is 0. The quantitative estimate of drug-likeness (QED) is 0.285. The number of carboxylic acid groups (broad SMARTS) is 1. The van der Waals surface area contributed by atoms with Crippen LogP contribution in [0.3, 0.4) is 0 Å². The highest BCUT2D eigenvalue weighted by molar-refractivity contribution is 5.80. The van der Waals surface area contributed by atoms with Gasteiger partial charge in [0.05, 0.1) is 23.5 Å². The molecule has 1 unspecified atom stereocenters. The lowest BCUT2D eigenvalue weighted by atomic mass is 9.96. The average Bonchev–Trinajstić information content (AvgIpc) is 3.34. The topological polar surface area (TPSA) is 92.9 Å². The van der Waals surface area contributed by atoms with Crippen molar-refractivity contribution in [1.82, 2.24) is 19.7 Å². The van der Waals surface area contributed by atoms with Crippen LogP contribution in [0.25, 0.3) is 21.8 Å². The third-order valence-electron chi connectivity index (χ3n) is 7.29. The highest BCUT2D eigenvalue weighted by atomic mass is 16.4. The van der Waals surface area contributed by atoms with E-state index in [0.29, 0.717) is 6.04 Å². The first-order valence-corrected chi connectivity index (χ1v) is 12.9. The molecule has 0 fully saturated rings. The molecule has 2 N–H and O–H groups in total. The number of hydrogen-bond acceptors (Lipinski definition) is 5. The van der Waals surface area contributed by atoms with E-state index in [1.54, 1.807) is 10.9 Å². The van der Waals surface area contributed by atoms with Crippen LogP contribution in [0.1, 0.15) is 48.4 Å². The third kappa shape index (κ3) is 5.03. The van der Waals surface area contributed by atoms with Gasteiger partial charge in [0, 0.05) is 35.4 Å². The first-order valence-electron chi connectivity index (χ1n) is 12.9. The summed E-state index contributed by atoms with van der Waals surface area (Å²) < 4.78 is 1.78. The number of aryl methyl sites for hydroxylation is 2. The number of rotatable bonds is 8. The van der Waals surface area contributed by atoms with Crippen LogP contribution in [-0.2, 0) is 17.6 Å². The van der Waals surface area contributed by atoms with Gasteiger partial charge in [0.1, 0.15) is 5.82 Å². The monoisotopic (exact) mass is 491 g/mol. The van der Waals surface area contributed by atoms with E-state index in [2.05, 4.69) is 39.6 Å². The maximum Gasteiger partial charge on any atom is 0.305 e. The Labute approximate surface area is 215 Å². The summed E-state index contributed by atoms with van der Waals surface area (Å²) in [7, 11) is 0. The highest BCUT2D eigenvalue weighted by Gasteiger charge is 2.21. The number of nitrogens with zero attached hydrogens (tertiary/aromatic N) is 4. The van der Waals surface area contributed by atoms with Gasteiger partial charge < -0.3 is 10.4 Å². The molecule has 6 rings (SSSR count). The summed E-state index contributed by atoms with van der Waals surface area (Å²) >= 11 is 0. The Kier molecular flexibility index (Phi) is 6.26. The fourth-order valence-corrected chi connectivity index (χ4v) is 5.33.